The van der Waals surface area contributed by atoms with Gasteiger partial charge in [-0.25, -0.2) is 9.59 Å². The van der Waals surface area contributed by atoms with Gasteiger partial charge >= 0.3 is 24.9 Å². The summed E-state index contributed by atoms with van der Waals surface area (Å²) in [6, 6.07) is 10.5. The molecule has 4 rings (SSSR count). The van der Waals surface area contributed by atoms with Crippen LogP contribution in [0.5, 0.6) is 5.75 Å². The van der Waals surface area contributed by atoms with E-state index in [4.69, 9.17) is 19.3 Å². The molecule has 1 heterocycles. The molecule has 0 aliphatic heterocycles. The SMILES string of the molecule is CCOC(=O)C(C)(C)Oc1ccc(-c2cn(C3CC3)c(=O)n2Cc2ccc(C(F)(F)P(=O)(O)O)c(Br)c2)cc1. The third-order valence-electron chi connectivity index (χ3n) is 6.30. The first kappa shape index (κ1) is 29.2. The summed E-state index contributed by atoms with van der Waals surface area (Å²) < 4.78 is 53.7. The number of esters is 1. The first-order valence-corrected chi connectivity index (χ1v) is 14.6. The molecule has 0 unspecified atom stereocenters. The van der Waals surface area contributed by atoms with Gasteiger partial charge in [0.15, 0.2) is 5.60 Å². The second-order valence-corrected chi connectivity index (χ2v) is 12.3. The number of hydrogen-bond acceptors (Lipinski definition) is 5. The number of ether oxygens (including phenoxy) is 2. The van der Waals surface area contributed by atoms with E-state index in [2.05, 4.69) is 15.9 Å². The molecule has 0 atom stereocenters. The van der Waals surface area contributed by atoms with Crippen LogP contribution < -0.4 is 10.4 Å². The number of benzene rings is 2. The third-order valence-corrected chi connectivity index (χ3v) is 7.93. The molecule has 0 amide bonds. The highest BCUT2D eigenvalue weighted by Crippen LogP contribution is 2.60. The zero-order chi connectivity index (χ0) is 28.8. The second kappa shape index (κ2) is 10.6. The number of halogens is 3. The highest BCUT2D eigenvalue weighted by molar-refractivity contribution is 9.10. The van der Waals surface area contributed by atoms with E-state index in [9.17, 15) is 22.9 Å². The normalized spacial score (nSPS) is 14.4. The number of nitrogens with zero attached hydrogens (tertiary/aromatic N) is 2. The van der Waals surface area contributed by atoms with E-state index in [1.54, 1.807) is 55.8 Å². The minimum absolute atomic E-state index is 0.0301. The molecule has 1 aliphatic rings. The lowest BCUT2D eigenvalue weighted by Crippen LogP contribution is -2.39. The molecular formula is C26H28BrF2N2O7P. The number of carbonyl (C=O) groups is 1. The van der Waals surface area contributed by atoms with E-state index < -0.39 is 30.4 Å². The van der Waals surface area contributed by atoms with E-state index in [0.717, 1.165) is 18.9 Å². The van der Waals surface area contributed by atoms with Gasteiger partial charge in [0.1, 0.15) is 5.75 Å². The Bertz CT molecular complexity index is 1490. The summed E-state index contributed by atoms with van der Waals surface area (Å²) in [5, 5.41) is 0. The Kier molecular flexibility index (Phi) is 7.97. The van der Waals surface area contributed by atoms with Gasteiger partial charge < -0.3 is 19.3 Å². The quantitative estimate of drug-likeness (QED) is 0.227. The van der Waals surface area contributed by atoms with Crippen molar-refractivity contribution in [3.05, 3.63) is 74.7 Å². The maximum Gasteiger partial charge on any atom is 0.399 e. The maximum atomic E-state index is 14.3. The van der Waals surface area contributed by atoms with Crippen LogP contribution >= 0.6 is 23.5 Å². The van der Waals surface area contributed by atoms with Crippen molar-refractivity contribution in [1.82, 2.24) is 9.13 Å². The minimum Gasteiger partial charge on any atom is -0.476 e. The van der Waals surface area contributed by atoms with Crippen LogP contribution in [-0.4, -0.2) is 37.1 Å². The zero-order valence-corrected chi connectivity index (χ0v) is 23.9. The molecule has 3 aromatic rings. The number of imidazole rings is 1. The van der Waals surface area contributed by atoms with E-state index in [1.165, 1.54) is 16.7 Å². The topological polar surface area (TPSA) is 120 Å². The smallest absolute Gasteiger partial charge is 0.399 e. The first-order valence-electron chi connectivity index (χ1n) is 12.2. The van der Waals surface area contributed by atoms with Gasteiger partial charge in [0.25, 0.3) is 0 Å². The molecule has 0 bridgehead atoms. The van der Waals surface area contributed by atoms with E-state index in [0.29, 0.717) is 22.6 Å². The van der Waals surface area contributed by atoms with Crippen LogP contribution in [0.25, 0.3) is 11.3 Å². The number of alkyl halides is 2. The van der Waals surface area contributed by atoms with Gasteiger partial charge in [-0.1, -0.05) is 28.1 Å². The van der Waals surface area contributed by atoms with E-state index in [1.807, 2.05) is 0 Å². The van der Waals surface area contributed by atoms with Gasteiger partial charge in [-0.2, -0.15) is 8.78 Å². The zero-order valence-electron chi connectivity index (χ0n) is 21.4. The Morgan fingerprint density at radius 1 is 1.15 bits per heavy atom. The number of aromatic nitrogens is 2. The van der Waals surface area contributed by atoms with Crippen LogP contribution in [0.15, 0.2) is 57.9 Å². The predicted molar refractivity (Wildman–Crippen MR) is 143 cm³/mol. The Labute approximate surface area is 231 Å². The lowest BCUT2D eigenvalue weighted by Gasteiger charge is -2.24. The lowest BCUT2D eigenvalue weighted by molar-refractivity contribution is -0.158. The summed E-state index contributed by atoms with van der Waals surface area (Å²) in [5.74, 6) is -0.0713. The van der Waals surface area contributed by atoms with E-state index >= 15 is 0 Å². The van der Waals surface area contributed by atoms with Crippen LogP contribution in [-0.2, 0) is 26.3 Å². The summed E-state index contributed by atoms with van der Waals surface area (Å²) in [4.78, 5) is 43.6. The number of carbonyl (C=O) groups excluding carboxylic acids is 1. The molecule has 210 valence electrons. The van der Waals surface area contributed by atoms with Crippen molar-refractivity contribution in [3.63, 3.8) is 0 Å². The molecule has 1 saturated carbocycles. The second-order valence-electron chi connectivity index (χ2n) is 9.78. The fourth-order valence-corrected chi connectivity index (χ4v) is 5.41. The number of rotatable bonds is 10. The van der Waals surface area contributed by atoms with Gasteiger partial charge in [0.2, 0.25) is 0 Å². The van der Waals surface area contributed by atoms with Crippen molar-refractivity contribution in [2.45, 2.75) is 57.5 Å². The Balaban J connectivity index is 1.65. The highest BCUT2D eigenvalue weighted by Gasteiger charge is 2.51. The molecule has 1 aromatic heterocycles. The van der Waals surface area contributed by atoms with Crippen molar-refractivity contribution < 1.29 is 37.4 Å². The van der Waals surface area contributed by atoms with Crippen LogP contribution in [0, 0.1) is 0 Å². The average molecular weight is 629 g/mol. The minimum atomic E-state index is -5.74. The molecule has 0 spiro atoms. The molecule has 1 aliphatic carbocycles. The highest BCUT2D eigenvalue weighted by atomic mass is 79.9. The van der Waals surface area contributed by atoms with Crippen molar-refractivity contribution in [3.8, 4) is 17.0 Å². The van der Waals surface area contributed by atoms with Gasteiger partial charge in [-0.05, 0) is 69.5 Å². The van der Waals surface area contributed by atoms with Crippen LogP contribution in [0.2, 0.25) is 0 Å². The van der Waals surface area contributed by atoms with Gasteiger partial charge in [0, 0.05) is 27.8 Å². The summed E-state index contributed by atoms with van der Waals surface area (Å²) >= 11 is 3.00. The summed E-state index contributed by atoms with van der Waals surface area (Å²) in [6.45, 7) is 5.17. The molecule has 0 radical (unpaired) electrons. The lowest BCUT2D eigenvalue weighted by atomic mass is 10.1. The fourth-order valence-electron chi connectivity index (χ4n) is 4.07. The largest absolute Gasteiger partial charge is 0.476 e. The molecular weight excluding hydrogens is 601 g/mol. The molecule has 2 N–H and O–H groups in total. The van der Waals surface area contributed by atoms with Crippen LogP contribution in [0.1, 0.15) is 50.8 Å². The Morgan fingerprint density at radius 2 is 1.79 bits per heavy atom. The van der Waals surface area contributed by atoms with Crippen molar-refractivity contribution in [2.75, 3.05) is 6.61 Å². The van der Waals surface area contributed by atoms with Gasteiger partial charge in [0.05, 0.1) is 18.8 Å². The molecule has 0 saturated heterocycles. The van der Waals surface area contributed by atoms with Crippen molar-refractivity contribution in [1.29, 1.82) is 0 Å². The molecule has 39 heavy (non-hydrogen) atoms. The molecule has 2 aromatic carbocycles. The molecule has 13 heteroatoms. The summed E-state index contributed by atoms with van der Waals surface area (Å²) in [5.41, 5.74) is -4.93. The Morgan fingerprint density at radius 3 is 2.33 bits per heavy atom. The van der Waals surface area contributed by atoms with Gasteiger partial charge in [-0.15, -0.1) is 0 Å². The first-order chi connectivity index (χ1) is 18.2. The molecule has 1 fully saturated rings. The van der Waals surface area contributed by atoms with Crippen molar-refractivity contribution in [2.24, 2.45) is 0 Å². The third kappa shape index (κ3) is 6.04. The van der Waals surface area contributed by atoms with Crippen LogP contribution in [0.3, 0.4) is 0 Å². The predicted octanol–water partition coefficient (Wildman–Crippen LogP) is 5.41. The maximum absolute atomic E-state index is 14.3. The summed E-state index contributed by atoms with van der Waals surface area (Å²) in [7, 11) is -5.74. The fraction of sp³-hybridized carbons (Fsp3) is 0.385. The standard InChI is InChI=1S/C26H28BrF2N2O7P/c1-4-37-23(32)25(2,3)38-19-10-6-17(7-11-19)22-15-30(18-8-9-18)24(33)31(22)14-16-5-12-20(21(27)13-16)26(28,29)39(34,35)36/h5-7,10-13,15,18H,4,8-9,14H2,1-3H3,(H2,34,35,36). The van der Waals surface area contributed by atoms with E-state index in [-0.39, 0.29) is 29.4 Å². The van der Waals surface area contributed by atoms with Gasteiger partial charge in [-0.3, -0.25) is 13.7 Å². The average Bonchev–Trinajstić information content (AvgIpc) is 3.63. The van der Waals surface area contributed by atoms with Crippen LogP contribution in [0.4, 0.5) is 8.78 Å². The monoisotopic (exact) mass is 628 g/mol. The summed E-state index contributed by atoms with van der Waals surface area (Å²) in [6.07, 6.45) is 3.50. The number of hydrogen-bond donors (Lipinski definition) is 2. The Hall–Kier alpha value is -2.79. The molecule has 9 nitrogen and oxygen atoms in total. The van der Waals surface area contributed by atoms with Crippen molar-refractivity contribution >= 4 is 29.5 Å².